The summed E-state index contributed by atoms with van der Waals surface area (Å²) in [4.78, 5) is 0. The van der Waals surface area contributed by atoms with Crippen LogP contribution in [0.4, 0.5) is 4.39 Å². The van der Waals surface area contributed by atoms with Crippen LogP contribution >= 0.6 is 0 Å². The van der Waals surface area contributed by atoms with Crippen molar-refractivity contribution in [3.05, 3.63) is 35.6 Å². The second-order valence-electron chi connectivity index (χ2n) is 5.63. The molecule has 0 aromatic heterocycles. The zero-order valence-corrected chi connectivity index (χ0v) is 11.0. The van der Waals surface area contributed by atoms with Crippen molar-refractivity contribution in [1.29, 1.82) is 0 Å². The van der Waals surface area contributed by atoms with Gasteiger partial charge in [-0.25, -0.2) is 4.39 Å². The summed E-state index contributed by atoms with van der Waals surface area (Å²) < 4.78 is 18.4. The highest BCUT2D eigenvalue weighted by molar-refractivity contribution is 5.18. The maximum atomic E-state index is 12.8. The lowest BCUT2D eigenvalue weighted by Gasteiger charge is -2.26. The van der Waals surface area contributed by atoms with Crippen LogP contribution in [0.2, 0.25) is 0 Å². The van der Waals surface area contributed by atoms with Crippen LogP contribution in [0.3, 0.4) is 0 Å². The number of ether oxygens (including phenoxy) is 1. The smallest absolute Gasteiger partial charge is 0.123 e. The van der Waals surface area contributed by atoms with Gasteiger partial charge in [0.05, 0.1) is 6.10 Å². The molecule has 2 N–H and O–H groups in total. The SMILES string of the molecule is CC(N)(CCC1CCCO1)Cc1ccc(F)cc1. The van der Waals surface area contributed by atoms with Gasteiger partial charge in [-0.15, -0.1) is 0 Å². The van der Waals surface area contributed by atoms with Crippen molar-refractivity contribution in [3.63, 3.8) is 0 Å². The molecule has 1 aromatic rings. The molecule has 2 unspecified atom stereocenters. The van der Waals surface area contributed by atoms with Crippen LogP contribution in [0, 0.1) is 5.82 Å². The summed E-state index contributed by atoms with van der Waals surface area (Å²) in [5.74, 6) is -0.197. The maximum Gasteiger partial charge on any atom is 0.123 e. The minimum absolute atomic E-state index is 0.197. The Morgan fingerprint density at radius 2 is 2.11 bits per heavy atom. The fourth-order valence-electron chi connectivity index (χ4n) is 2.52. The Kier molecular flexibility index (Phi) is 4.36. The quantitative estimate of drug-likeness (QED) is 0.873. The summed E-state index contributed by atoms with van der Waals surface area (Å²) in [5, 5.41) is 0. The van der Waals surface area contributed by atoms with Gasteiger partial charge in [0.2, 0.25) is 0 Å². The van der Waals surface area contributed by atoms with Crippen LogP contribution in [0.15, 0.2) is 24.3 Å². The maximum absolute atomic E-state index is 12.8. The van der Waals surface area contributed by atoms with Crippen LogP contribution in [0.1, 0.15) is 38.2 Å². The molecule has 3 heteroatoms. The third-order valence-electron chi connectivity index (χ3n) is 3.58. The first-order valence-corrected chi connectivity index (χ1v) is 6.70. The normalized spacial score (nSPS) is 22.9. The van der Waals surface area contributed by atoms with Crippen LogP contribution in [-0.2, 0) is 11.2 Å². The Hall–Kier alpha value is -0.930. The van der Waals surface area contributed by atoms with Gasteiger partial charge in [-0.3, -0.25) is 0 Å². The average Bonchev–Trinajstić information content (AvgIpc) is 2.83. The molecule has 2 atom stereocenters. The number of rotatable bonds is 5. The Balaban J connectivity index is 1.83. The van der Waals surface area contributed by atoms with E-state index in [1.54, 1.807) is 0 Å². The molecule has 0 saturated carbocycles. The van der Waals surface area contributed by atoms with Gasteiger partial charge in [0.15, 0.2) is 0 Å². The Morgan fingerprint density at radius 1 is 1.39 bits per heavy atom. The first-order valence-electron chi connectivity index (χ1n) is 6.70. The van der Waals surface area contributed by atoms with E-state index in [1.807, 2.05) is 12.1 Å². The highest BCUT2D eigenvalue weighted by Crippen LogP contribution is 2.22. The summed E-state index contributed by atoms with van der Waals surface area (Å²) >= 11 is 0. The molecule has 2 rings (SSSR count). The second-order valence-corrected chi connectivity index (χ2v) is 5.63. The van der Waals surface area contributed by atoms with Gasteiger partial charge in [0.1, 0.15) is 5.82 Å². The zero-order valence-electron chi connectivity index (χ0n) is 11.0. The summed E-state index contributed by atoms with van der Waals surface area (Å²) in [6.07, 6.45) is 5.46. The lowest BCUT2D eigenvalue weighted by atomic mass is 9.88. The van der Waals surface area contributed by atoms with E-state index in [2.05, 4.69) is 6.92 Å². The number of hydrogen-bond donors (Lipinski definition) is 1. The third kappa shape index (κ3) is 4.07. The summed E-state index contributed by atoms with van der Waals surface area (Å²) in [7, 11) is 0. The molecule has 1 aliphatic rings. The van der Waals surface area contributed by atoms with E-state index in [-0.39, 0.29) is 11.4 Å². The number of halogens is 1. The van der Waals surface area contributed by atoms with Gasteiger partial charge in [-0.2, -0.15) is 0 Å². The van der Waals surface area contributed by atoms with Gasteiger partial charge in [0, 0.05) is 12.1 Å². The summed E-state index contributed by atoms with van der Waals surface area (Å²) in [6.45, 7) is 2.95. The molecule has 0 aliphatic carbocycles. The molecule has 1 aromatic carbocycles. The highest BCUT2D eigenvalue weighted by atomic mass is 19.1. The Morgan fingerprint density at radius 3 is 2.72 bits per heavy atom. The van der Waals surface area contributed by atoms with E-state index in [9.17, 15) is 4.39 Å². The predicted octanol–water partition coefficient (Wildman–Crippen LogP) is 3.04. The fraction of sp³-hybridized carbons (Fsp3) is 0.600. The molecule has 2 nitrogen and oxygen atoms in total. The van der Waals surface area contributed by atoms with Crippen molar-refractivity contribution < 1.29 is 9.13 Å². The Labute approximate surface area is 108 Å². The molecule has 18 heavy (non-hydrogen) atoms. The largest absolute Gasteiger partial charge is 0.378 e. The van der Waals surface area contributed by atoms with E-state index in [0.717, 1.165) is 37.9 Å². The number of benzene rings is 1. The number of hydrogen-bond acceptors (Lipinski definition) is 2. The molecule has 1 fully saturated rings. The molecule has 0 radical (unpaired) electrons. The fourth-order valence-corrected chi connectivity index (χ4v) is 2.52. The molecule has 0 amide bonds. The lowest BCUT2D eigenvalue weighted by molar-refractivity contribution is 0.0967. The molecular formula is C15H22FNO. The van der Waals surface area contributed by atoms with Crippen molar-refractivity contribution in [1.82, 2.24) is 0 Å². The highest BCUT2D eigenvalue weighted by Gasteiger charge is 2.23. The predicted molar refractivity (Wildman–Crippen MR) is 70.9 cm³/mol. The lowest BCUT2D eigenvalue weighted by Crippen LogP contribution is -2.39. The standard InChI is InChI=1S/C15H22FNO/c1-15(17,9-8-14-3-2-10-18-14)11-12-4-6-13(16)7-5-12/h4-7,14H,2-3,8-11,17H2,1H3. The van der Waals surface area contributed by atoms with Gasteiger partial charge in [-0.1, -0.05) is 12.1 Å². The zero-order chi connectivity index (χ0) is 13.0. The molecule has 1 saturated heterocycles. The van der Waals surface area contributed by atoms with Gasteiger partial charge in [0.25, 0.3) is 0 Å². The molecule has 1 aliphatic heterocycles. The van der Waals surface area contributed by atoms with Gasteiger partial charge in [-0.05, 0) is 56.7 Å². The van der Waals surface area contributed by atoms with Crippen molar-refractivity contribution in [2.24, 2.45) is 5.73 Å². The minimum Gasteiger partial charge on any atom is -0.378 e. The molecule has 0 bridgehead atoms. The molecule has 100 valence electrons. The second kappa shape index (κ2) is 5.81. The van der Waals surface area contributed by atoms with Crippen LogP contribution in [0.25, 0.3) is 0 Å². The minimum atomic E-state index is -0.246. The Bertz CT molecular complexity index is 369. The van der Waals surface area contributed by atoms with Crippen molar-refractivity contribution in [3.8, 4) is 0 Å². The van der Waals surface area contributed by atoms with E-state index in [0.29, 0.717) is 6.10 Å². The van der Waals surface area contributed by atoms with Crippen LogP contribution < -0.4 is 5.73 Å². The third-order valence-corrected chi connectivity index (χ3v) is 3.58. The first kappa shape index (κ1) is 13.5. The van der Waals surface area contributed by atoms with Crippen molar-refractivity contribution >= 4 is 0 Å². The first-order chi connectivity index (χ1) is 8.55. The number of nitrogens with two attached hydrogens (primary N) is 1. The summed E-state index contributed by atoms with van der Waals surface area (Å²) in [5.41, 5.74) is 7.16. The summed E-state index contributed by atoms with van der Waals surface area (Å²) in [6, 6.07) is 6.61. The van der Waals surface area contributed by atoms with Crippen molar-refractivity contribution in [2.75, 3.05) is 6.61 Å². The van der Waals surface area contributed by atoms with Crippen LogP contribution in [-0.4, -0.2) is 18.2 Å². The van der Waals surface area contributed by atoms with E-state index >= 15 is 0 Å². The van der Waals surface area contributed by atoms with E-state index in [1.165, 1.54) is 18.6 Å². The van der Waals surface area contributed by atoms with Crippen LogP contribution in [0.5, 0.6) is 0 Å². The van der Waals surface area contributed by atoms with Gasteiger partial charge < -0.3 is 10.5 Å². The topological polar surface area (TPSA) is 35.2 Å². The monoisotopic (exact) mass is 251 g/mol. The van der Waals surface area contributed by atoms with Gasteiger partial charge >= 0.3 is 0 Å². The van der Waals surface area contributed by atoms with E-state index < -0.39 is 0 Å². The molecular weight excluding hydrogens is 229 g/mol. The van der Waals surface area contributed by atoms with Crippen molar-refractivity contribution in [2.45, 2.75) is 50.7 Å². The molecule has 0 spiro atoms. The molecule has 1 heterocycles. The van der Waals surface area contributed by atoms with E-state index in [4.69, 9.17) is 10.5 Å². The average molecular weight is 251 g/mol.